The zero-order chi connectivity index (χ0) is 21.3. The number of hydrogen-bond donors (Lipinski definition) is 1. The second-order valence-corrected chi connectivity index (χ2v) is 8.54. The minimum Gasteiger partial charge on any atom is -0.465 e. The first-order chi connectivity index (χ1) is 14.6. The topological polar surface area (TPSA) is 40.5 Å². The summed E-state index contributed by atoms with van der Waals surface area (Å²) in [7, 11) is 0. The third-order valence-corrected chi connectivity index (χ3v) is 6.44. The zero-order valence-corrected chi connectivity index (χ0v) is 18.2. The molecule has 0 aliphatic heterocycles. The van der Waals surface area contributed by atoms with E-state index in [1.165, 1.54) is 54.6 Å². The summed E-state index contributed by atoms with van der Waals surface area (Å²) in [6.45, 7) is 6.33. The molecule has 1 aliphatic rings. The fourth-order valence-corrected chi connectivity index (χ4v) is 4.68. The molecule has 3 nitrogen and oxygen atoms in total. The fraction of sp³-hybridized carbons (Fsp3) is 0.444. The summed E-state index contributed by atoms with van der Waals surface area (Å²) in [6, 6.07) is 16.8. The van der Waals surface area contributed by atoms with Gasteiger partial charge in [0.2, 0.25) is 0 Å². The van der Waals surface area contributed by atoms with Crippen LogP contribution in [-0.2, 0) is 0 Å². The molecule has 3 heteroatoms. The maximum absolute atomic E-state index is 11.4. The smallest absolute Gasteiger partial charge is 0.411 e. The zero-order valence-electron chi connectivity index (χ0n) is 18.2. The molecule has 0 unspecified atom stereocenters. The van der Waals surface area contributed by atoms with Gasteiger partial charge < -0.3 is 5.11 Å². The van der Waals surface area contributed by atoms with Crippen molar-refractivity contribution in [1.82, 2.24) is 0 Å². The van der Waals surface area contributed by atoms with Crippen LogP contribution in [0, 0.1) is 5.92 Å². The highest BCUT2D eigenvalue weighted by Crippen LogP contribution is 2.38. The van der Waals surface area contributed by atoms with Crippen molar-refractivity contribution >= 4 is 11.8 Å². The Morgan fingerprint density at radius 2 is 1.63 bits per heavy atom. The molecular formula is C27H35NO2. The number of anilines is 1. The van der Waals surface area contributed by atoms with Crippen molar-refractivity contribution in [2.24, 2.45) is 5.92 Å². The Hall–Kier alpha value is -2.55. The van der Waals surface area contributed by atoms with Crippen LogP contribution in [0.5, 0.6) is 0 Å². The third-order valence-electron chi connectivity index (χ3n) is 6.44. The van der Waals surface area contributed by atoms with Crippen LogP contribution in [0.1, 0.15) is 69.8 Å². The molecule has 1 aliphatic carbocycles. The Bertz CT molecular complexity index is 802. The molecule has 160 valence electrons. The van der Waals surface area contributed by atoms with Crippen LogP contribution in [-0.4, -0.2) is 17.7 Å². The first kappa shape index (κ1) is 22.1. The number of allylic oxidation sites excluding steroid dienone is 1. The van der Waals surface area contributed by atoms with E-state index in [4.69, 9.17) is 0 Å². The van der Waals surface area contributed by atoms with Crippen LogP contribution < -0.4 is 4.90 Å². The van der Waals surface area contributed by atoms with E-state index in [-0.39, 0.29) is 0 Å². The van der Waals surface area contributed by atoms with E-state index in [2.05, 4.69) is 30.8 Å². The Morgan fingerprint density at radius 1 is 1.03 bits per heavy atom. The molecule has 1 N–H and O–H groups in total. The van der Waals surface area contributed by atoms with Crippen molar-refractivity contribution in [1.29, 1.82) is 0 Å². The van der Waals surface area contributed by atoms with Gasteiger partial charge in [0.25, 0.3) is 0 Å². The van der Waals surface area contributed by atoms with E-state index in [0.717, 1.165) is 30.0 Å². The van der Waals surface area contributed by atoms with Crippen molar-refractivity contribution in [2.45, 2.75) is 64.2 Å². The molecule has 1 fully saturated rings. The highest BCUT2D eigenvalue weighted by Gasteiger charge is 2.22. The molecule has 0 atom stereocenters. The van der Waals surface area contributed by atoms with Gasteiger partial charge in [-0.3, -0.25) is 4.90 Å². The van der Waals surface area contributed by atoms with E-state index in [1.54, 1.807) is 0 Å². The number of hydrogen-bond acceptors (Lipinski definition) is 1. The molecule has 30 heavy (non-hydrogen) atoms. The standard InChI is InChI=1S/C27H35NO2/c1-3-5-6-7-21-8-10-22(11-9-21)23-12-14-24(15-13-23)25-16-18-26(19-17-25)28(20-4-2)27(29)30/h3,12-19,21-22H,1,4-11,20H2,2H3,(H,29,30)/t21-,22-. The van der Waals surface area contributed by atoms with Crippen molar-refractivity contribution in [2.75, 3.05) is 11.4 Å². The molecule has 2 aromatic carbocycles. The Balaban J connectivity index is 1.59. The Kier molecular flexibility index (Phi) is 8.12. The SMILES string of the molecule is C=CCCC[C@H]1CC[C@H](c2ccc(-c3ccc(N(CCC)C(=O)O)cc3)cc2)CC1. The van der Waals surface area contributed by atoms with Gasteiger partial charge in [0.15, 0.2) is 0 Å². The number of amides is 1. The number of rotatable bonds is 9. The molecule has 2 aromatic rings. The second kappa shape index (κ2) is 11.0. The van der Waals surface area contributed by atoms with Crippen molar-refractivity contribution in [3.8, 4) is 11.1 Å². The minimum absolute atomic E-state index is 0.514. The van der Waals surface area contributed by atoms with E-state index in [0.29, 0.717) is 12.5 Å². The summed E-state index contributed by atoms with van der Waals surface area (Å²) >= 11 is 0. The Morgan fingerprint density at radius 3 is 2.17 bits per heavy atom. The summed E-state index contributed by atoms with van der Waals surface area (Å²) in [5, 5.41) is 9.39. The van der Waals surface area contributed by atoms with Gasteiger partial charge >= 0.3 is 6.09 Å². The van der Waals surface area contributed by atoms with Crippen LogP contribution in [0.3, 0.4) is 0 Å². The van der Waals surface area contributed by atoms with Gasteiger partial charge in [0.1, 0.15) is 0 Å². The van der Waals surface area contributed by atoms with Crippen LogP contribution in [0.25, 0.3) is 11.1 Å². The average molecular weight is 406 g/mol. The number of carbonyl (C=O) groups is 1. The maximum Gasteiger partial charge on any atom is 0.411 e. The van der Waals surface area contributed by atoms with Crippen molar-refractivity contribution < 1.29 is 9.90 Å². The quantitative estimate of drug-likeness (QED) is 0.340. The van der Waals surface area contributed by atoms with Gasteiger partial charge in [-0.1, -0.05) is 55.8 Å². The molecular weight excluding hydrogens is 370 g/mol. The lowest BCUT2D eigenvalue weighted by Gasteiger charge is -2.29. The van der Waals surface area contributed by atoms with Gasteiger partial charge in [0, 0.05) is 12.2 Å². The predicted octanol–water partition coefficient (Wildman–Crippen LogP) is 7.88. The molecule has 0 bridgehead atoms. The highest BCUT2D eigenvalue weighted by atomic mass is 16.4. The molecule has 0 spiro atoms. The van der Waals surface area contributed by atoms with Gasteiger partial charge in [-0.05, 0) is 85.6 Å². The highest BCUT2D eigenvalue weighted by molar-refractivity contribution is 5.86. The van der Waals surface area contributed by atoms with Crippen molar-refractivity contribution in [3.63, 3.8) is 0 Å². The van der Waals surface area contributed by atoms with E-state index in [1.807, 2.05) is 37.3 Å². The summed E-state index contributed by atoms with van der Waals surface area (Å²) < 4.78 is 0. The van der Waals surface area contributed by atoms with E-state index < -0.39 is 6.09 Å². The number of benzene rings is 2. The number of nitrogens with zero attached hydrogens (tertiary/aromatic N) is 1. The molecule has 3 rings (SSSR count). The van der Waals surface area contributed by atoms with Crippen LogP contribution in [0.4, 0.5) is 10.5 Å². The third kappa shape index (κ3) is 5.75. The molecule has 1 saturated carbocycles. The molecule has 0 radical (unpaired) electrons. The second-order valence-electron chi connectivity index (χ2n) is 8.54. The van der Waals surface area contributed by atoms with Crippen molar-refractivity contribution in [3.05, 3.63) is 66.7 Å². The van der Waals surface area contributed by atoms with Gasteiger partial charge in [-0.25, -0.2) is 4.79 Å². The molecule has 0 aromatic heterocycles. The number of unbranched alkanes of at least 4 members (excludes halogenated alkanes) is 1. The minimum atomic E-state index is -0.899. The van der Waals surface area contributed by atoms with Crippen LogP contribution >= 0.6 is 0 Å². The van der Waals surface area contributed by atoms with Gasteiger partial charge in [-0.2, -0.15) is 0 Å². The first-order valence-electron chi connectivity index (χ1n) is 11.4. The first-order valence-corrected chi connectivity index (χ1v) is 11.4. The van der Waals surface area contributed by atoms with Crippen LogP contribution in [0.2, 0.25) is 0 Å². The maximum atomic E-state index is 11.4. The lowest BCUT2D eigenvalue weighted by Crippen LogP contribution is -2.29. The monoisotopic (exact) mass is 405 g/mol. The van der Waals surface area contributed by atoms with E-state index in [9.17, 15) is 9.90 Å². The fourth-order valence-electron chi connectivity index (χ4n) is 4.68. The lowest BCUT2D eigenvalue weighted by atomic mass is 9.77. The van der Waals surface area contributed by atoms with E-state index >= 15 is 0 Å². The largest absolute Gasteiger partial charge is 0.465 e. The molecule has 0 saturated heterocycles. The van der Waals surface area contributed by atoms with Gasteiger partial charge in [-0.15, -0.1) is 6.58 Å². The molecule has 0 heterocycles. The van der Waals surface area contributed by atoms with Crippen LogP contribution in [0.15, 0.2) is 61.2 Å². The predicted molar refractivity (Wildman–Crippen MR) is 126 cm³/mol. The average Bonchev–Trinajstić information content (AvgIpc) is 2.78. The normalized spacial score (nSPS) is 18.7. The summed E-state index contributed by atoms with van der Waals surface area (Å²) in [5.74, 6) is 1.59. The lowest BCUT2D eigenvalue weighted by molar-refractivity contribution is 0.202. The Labute approximate surface area is 181 Å². The summed E-state index contributed by atoms with van der Waals surface area (Å²) in [4.78, 5) is 12.8. The summed E-state index contributed by atoms with van der Waals surface area (Å²) in [6.07, 6.45) is 11.0. The van der Waals surface area contributed by atoms with Gasteiger partial charge in [0.05, 0.1) is 0 Å². The number of carboxylic acid groups (broad SMARTS) is 1. The summed E-state index contributed by atoms with van der Waals surface area (Å²) in [5.41, 5.74) is 4.49. The molecule has 1 amide bonds.